The van der Waals surface area contributed by atoms with E-state index >= 15 is 0 Å². The molecule has 0 amide bonds. The number of likely N-dealkylation sites (tertiary alicyclic amines) is 1. The molecule has 1 unspecified atom stereocenters. The van der Waals surface area contributed by atoms with Crippen LogP contribution in [0.4, 0.5) is 0 Å². The Morgan fingerprint density at radius 3 is 2.76 bits per heavy atom. The second-order valence-electron chi connectivity index (χ2n) is 6.96. The van der Waals surface area contributed by atoms with Crippen LogP contribution in [-0.2, 0) is 13.1 Å². The fourth-order valence-corrected chi connectivity index (χ4v) is 3.44. The van der Waals surface area contributed by atoms with Crippen LogP contribution in [-0.4, -0.2) is 24.0 Å². The summed E-state index contributed by atoms with van der Waals surface area (Å²) in [6.07, 6.45) is 8.29. The molecule has 116 valence electrons. The summed E-state index contributed by atoms with van der Waals surface area (Å²) >= 11 is 0. The van der Waals surface area contributed by atoms with E-state index in [1.165, 1.54) is 62.7 Å². The smallest absolute Gasteiger partial charge is 0.0233 e. The van der Waals surface area contributed by atoms with Crippen molar-refractivity contribution in [3.63, 3.8) is 0 Å². The van der Waals surface area contributed by atoms with Gasteiger partial charge in [0.25, 0.3) is 0 Å². The third-order valence-corrected chi connectivity index (χ3v) is 5.09. The number of rotatable bonds is 6. The minimum atomic E-state index is 0.797. The van der Waals surface area contributed by atoms with Gasteiger partial charge in [0.15, 0.2) is 0 Å². The highest BCUT2D eigenvalue weighted by molar-refractivity contribution is 5.23. The van der Waals surface area contributed by atoms with Crippen molar-refractivity contribution < 1.29 is 0 Å². The molecule has 2 aliphatic rings. The van der Waals surface area contributed by atoms with Crippen LogP contribution < -0.4 is 5.32 Å². The Hall–Kier alpha value is -0.860. The SMILES string of the molecule is CCC1CCCN(Cc2cccc(CNC3CC3)c2)CC1. The van der Waals surface area contributed by atoms with Crippen LogP contribution in [0.1, 0.15) is 56.6 Å². The van der Waals surface area contributed by atoms with Crippen LogP contribution in [0.3, 0.4) is 0 Å². The Labute approximate surface area is 129 Å². The maximum absolute atomic E-state index is 3.61. The van der Waals surface area contributed by atoms with Gasteiger partial charge in [0, 0.05) is 19.1 Å². The van der Waals surface area contributed by atoms with E-state index in [1.54, 1.807) is 0 Å². The third-order valence-electron chi connectivity index (χ3n) is 5.09. The molecule has 1 saturated heterocycles. The highest BCUT2D eigenvalue weighted by Gasteiger charge is 2.20. The molecule has 2 heteroatoms. The van der Waals surface area contributed by atoms with Crippen molar-refractivity contribution in [2.24, 2.45) is 5.92 Å². The lowest BCUT2D eigenvalue weighted by molar-refractivity contribution is 0.272. The molecular weight excluding hydrogens is 256 g/mol. The molecule has 21 heavy (non-hydrogen) atoms. The first-order valence-corrected chi connectivity index (χ1v) is 8.87. The zero-order valence-corrected chi connectivity index (χ0v) is 13.5. The lowest BCUT2D eigenvalue weighted by Gasteiger charge is -2.20. The molecule has 0 spiro atoms. The number of nitrogens with one attached hydrogen (secondary N) is 1. The van der Waals surface area contributed by atoms with E-state index in [0.29, 0.717) is 0 Å². The van der Waals surface area contributed by atoms with E-state index in [1.807, 2.05) is 0 Å². The molecule has 1 atom stereocenters. The van der Waals surface area contributed by atoms with Crippen molar-refractivity contribution in [2.75, 3.05) is 13.1 Å². The summed E-state index contributed by atoms with van der Waals surface area (Å²) in [6.45, 7) is 7.07. The normalized spacial score (nSPS) is 24.0. The van der Waals surface area contributed by atoms with Crippen molar-refractivity contribution >= 4 is 0 Å². The number of hydrogen-bond acceptors (Lipinski definition) is 2. The molecule has 1 aromatic rings. The van der Waals surface area contributed by atoms with Gasteiger partial charge in [-0.1, -0.05) is 37.6 Å². The zero-order valence-electron chi connectivity index (χ0n) is 13.5. The van der Waals surface area contributed by atoms with E-state index in [0.717, 1.165) is 25.0 Å². The topological polar surface area (TPSA) is 15.3 Å². The predicted molar refractivity (Wildman–Crippen MR) is 89.2 cm³/mol. The van der Waals surface area contributed by atoms with Gasteiger partial charge in [0.2, 0.25) is 0 Å². The van der Waals surface area contributed by atoms with Gasteiger partial charge in [0.1, 0.15) is 0 Å². The molecule has 1 aliphatic carbocycles. The standard InChI is InChI=1S/C19H30N2/c1-2-16-7-4-11-21(12-10-16)15-18-6-3-5-17(13-18)14-20-19-8-9-19/h3,5-6,13,16,19-20H,2,4,7-12,14-15H2,1H3. The van der Waals surface area contributed by atoms with Crippen LogP contribution in [0.2, 0.25) is 0 Å². The second-order valence-corrected chi connectivity index (χ2v) is 6.96. The van der Waals surface area contributed by atoms with E-state index in [4.69, 9.17) is 0 Å². The summed E-state index contributed by atoms with van der Waals surface area (Å²) in [5.41, 5.74) is 2.93. The van der Waals surface area contributed by atoms with E-state index in [-0.39, 0.29) is 0 Å². The first-order chi connectivity index (χ1) is 10.3. The molecule has 0 bridgehead atoms. The van der Waals surface area contributed by atoms with Crippen LogP contribution in [0.15, 0.2) is 24.3 Å². The summed E-state index contributed by atoms with van der Waals surface area (Å²) in [5.74, 6) is 0.962. The highest BCUT2D eigenvalue weighted by Crippen LogP contribution is 2.22. The largest absolute Gasteiger partial charge is 0.310 e. The van der Waals surface area contributed by atoms with Gasteiger partial charge in [0.05, 0.1) is 0 Å². The van der Waals surface area contributed by atoms with Crippen molar-refractivity contribution in [3.05, 3.63) is 35.4 Å². The third kappa shape index (κ3) is 4.82. The molecule has 2 nitrogen and oxygen atoms in total. The molecule has 3 rings (SSSR count). The maximum atomic E-state index is 3.61. The fraction of sp³-hybridized carbons (Fsp3) is 0.684. The quantitative estimate of drug-likeness (QED) is 0.852. The van der Waals surface area contributed by atoms with Crippen molar-refractivity contribution in [1.82, 2.24) is 10.2 Å². The molecule has 2 fully saturated rings. The van der Waals surface area contributed by atoms with Crippen LogP contribution in [0, 0.1) is 5.92 Å². The highest BCUT2D eigenvalue weighted by atomic mass is 15.1. The zero-order chi connectivity index (χ0) is 14.5. The maximum Gasteiger partial charge on any atom is 0.0233 e. The van der Waals surface area contributed by atoms with Crippen molar-refractivity contribution in [3.8, 4) is 0 Å². The van der Waals surface area contributed by atoms with Gasteiger partial charge in [-0.05, 0) is 62.2 Å². The predicted octanol–water partition coefficient (Wildman–Crippen LogP) is 3.95. The molecular formula is C19H30N2. The average molecular weight is 286 g/mol. The Kier molecular flexibility index (Phi) is 5.32. The first kappa shape index (κ1) is 15.1. The Bertz CT molecular complexity index is 439. The minimum Gasteiger partial charge on any atom is -0.310 e. The number of nitrogens with zero attached hydrogens (tertiary/aromatic N) is 1. The average Bonchev–Trinajstić information content (AvgIpc) is 3.33. The Balaban J connectivity index is 1.52. The van der Waals surface area contributed by atoms with Crippen LogP contribution in [0.5, 0.6) is 0 Å². The van der Waals surface area contributed by atoms with Gasteiger partial charge in [-0.2, -0.15) is 0 Å². The molecule has 0 radical (unpaired) electrons. The van der Waals surface area contributed by atoms with E-state index in [2.05, 4.69) is 41.4 Å². The summed E-state index contributed by atoms with van der Waals surface area (Å²) < 4.78 is 0. The monoisotopic (exact) mass is 286 g/mol. The second kappa shape index (κ2) is 7.42. The Morgan fingerprint density at radius 1 is 1.10 bits per heavy atom. The van der Waals surface area contributed by atoms with Gasteiger partial charge in [-0.25, -0.2) is 0 Å². The lowest BCUT2D eigenvalue weighted by atomic mass is 9.98. The molecule has 0 aromatic heterocycles. The van der Waals surface area contributed by atoms with Gasteiger partial charge in [-0.15, -0.1) is 0 Å². The summed E-state index contributed by atoms with van der Waals surface area (Å²) in [7, 11) is 0. The molecule has 1 saturated carbocycles. The first-order valence-electron chi connectivity index (χ1n) is 8.87. The molecule has 1 heterocycles. The van der Waals surface area contributed by atoms with Gasteiger partial charge < -0.3 is 5.32 Å². The van der Waals surface area contributed by atoms with Crippen LogP contribution >= 0.6 is 0 Å². The van der Waals surface area contributed by atoms with E-state index in [9.17, 15) is 0 Å². The van der Waals surface area contributed by atoms with Gasteiger partial charge >= 0.3 is 0 Å². The number of hydrogen-bond donors (Lipinski definition) is 1. The molecule has 1 aliphatic heterocycles. The molecule has 1 aromatic carbocycles. The van der Waals surface area contributed by atoms with Gasteiger partial charge in [-0.3, -0.25) is 4.90 Å². The van der Waals surface area contributed by atoms with Crippen molar-refractivity contribution in [1.29, 1.82) is 0 Å². The summed E-state index contributed by atoms with van der Waals surface area (Å²) in [4.78, 5) is 2.66. The molecule has 1 N–H and O–H groups in total. The van der Waals surface area contributed by atoms with Crippen LogP contribution in [0.25, 0.3) is 0 Å². The summed E-state index contributed by atoms with van der Waals surface area (Å²) in [5, 5.41) is 3.61. The fourth-order valence-electron chi connectivity index (χ4n) is 3.44. The lowest BCUT2D eigenvalue weighted by Crippen LogP contribution is -2.24. The summed E-state index contributed by atoms with van der Waals surface area (Å²) in [6, 6.07) is 9.98. The Morgan fingerprint density at radius 2 is 1.95 bits per heavy atom. The van der Waals surface area contributed by atoms with E-state index < -0.39 is 0 Å². The van der Waals surface area contributed by atoms with Crippen molar-refractivity contribution in [2.45, 2.75) is 64.6 Å². The number of benzene rings is 1. The minimum absolute atomic E-state index is 0.797.